The zero-order chi connectivity index (χ0) is 13.0. The van der Waals surface area contributed by atoms with E-state index >= 15 is 0 Å². The number of nitrogens with one attached hydrogen (secondary N) is 1. The van der Waals surface area contributed by atoms with E-state index in [1.54, 1.807) is 13.2 Å². The maximum Gasteiger partial charge on any atom is 0.321 e. The predicted molar refractivity (Wildman–Crippen MR) is 67.4 cm³/mol. The average Bonchev–Trinajstić information content (AvgIpc) is 2.87. The summed E-state index contributed by atoms with van der Waals surface area (Å²) in [7, 11) is 1.75. The molecule has 1 N–H and O–H groups in total. The third kappa shape index (κ3) is 2.39. The van der Waals surface area contributed by atoms with Crippen molar-refractivity contribution in [1.82, 2.24) is 24.5 Å². The summed E-state index contributed by atoms with van der Waals surface area (Å²) < 4.78 is 7.28. The number of anilines is 1. The summed E-state index contributed by atoms with van der Waals surface area (Å²) in [5.74, 6) is 1.68. The lowest BCUT2D eigenvalue weighted by molar-refractivity contribution is 0.312. The van der Waals surface area contributed by atoms with Crippen molar-refractivity contribution in [1.29, 1.82) is 0 Å². The maximum absolute atomic E-state index is 5.32. The Labute approximate surface area is 105 Å². The normalized spacial score (nSPS) is 10.4. The number of imidazole rings is 1. The smallest absolute Gasteiger partial charge is 0.321 e. The van der Waals surface area contributed by atoms with Gasteiger partial charge in [-0.2, -0.15) is 15.0 Å². The van der Waals surface area contributed by atoms with Gasteiger partial charge in [0.2, 0.25) is 11.8 Å². The monoisotopic (exact) mass is 248 g/mol. The highest BCUT2D eigenvalue weighted by atomic mass is 16.5. The van der Waals surface area contributed by atoms with E-state index in [1.165, 1.54) is 0 Å². The third-order valence-corrected chi connectivity index (χ3v) is 2.37. The minimum Gasteiger partial charge on any atom is -0.464 e. The van der Waals surface area contributed by atoms with Gasteiger partial charge in [-0.25, -0.2) is 4.98 Å². The van der Waals surface area contributed by atoms with Crippen molar-refractivity contribution in [3.63, 3.8) is 0 Å². The maximum atomic E-state index is 5.32. The van der Waals surface area contributed by atoms with Crippen LogP contribution in [0.3, 0.4) is 0 Å². The molecule has 18 heavy (non-hydrogen) atoms. The topological polar surface area (TPSA) is 77.8 Å². The summed E-state index contributed by atoms with van der Waals surface area (Å²) in [6.45, 7) is 5.24. The van der Waals surface area contributed by atoms with Crippen LogP contribution < -0.4 is 10.1 Å². The molecule has 0 amide bonds. The van der Waals surface area contributed by atoms with Crippen LogP contribution in [0.25, 0.3) is 11.6 Å². The van der Waals surface area contributed by atoms with E-state index in [1.807, 2.05) is 24.6 Å². The fourth-order valence-corrected chi connectivity index (χ4v) is 1.53. The van der Waals surface area contributed by atoms with Crippen molar-refractivity contribution in [2.45, 2.75) is 20.4 Å². The molecule has 0 radical (unpaired) electrons. The molecule has 0 bridgehead atoms. The lowest BCUT2D eigenvalue weighted by Crippen LogP contribution is -2.07. The highest BCUT2D eigenvalue weighted by Gasteiger charge is 2.12. The van der Waals surface area contributed by atoms with Crippen molar-refractivity contribution < 1.29 is 4.74 Å². The molecule has 0 aliphatic carbocycles. The van der Waals surface area contributed by atoms with Crippen molar-refractivity contribution in [3.05, 3.63) is 12.4 Å². The van der Waals surface area contributed by atoms with E-state index in [9.17, 15) is 0 Å². The van der Waals surface area contributed by atoms with E-state index in [-0.39, 0.29) is 0 Å². The lowest BCUT2D eigenvalue weighted by Gasteiger charge is -2.07. The molecule has 7 heteroatoms. The van der Waals surface area contributed by atoms with Crippen LogP contribution in [0.5, 0.6) is 6.01 Å². The molecule has 2 rings (SSSR count). The first-order valence-corrected chi connectivity index (χ1v) is 5.86. The van der Waals surface area contributed by atoms with Gasteiger partial charge in [0.25, 0.3) is 0 Å². The Morgan fingerprint density at radius 3 is 2.78 bits per heavy atom. The number of ether oxygens (including phenoxy) is 1. The molecule has 0 spiro atoms. The van der Waals surface area contributed by atoms with Crippen LogP contribution in [0.4, 0.5) is 5.95 Å². The molecule has 0 saturated carbocycles. The zero-order valence-corrected chi connectivity index (χ0v) is 10.7. The molecule has 2 heterocycles. The molecular weight excluding hydrogens is 232 g/mol. The molecule has 0 saturated heterocycles. The van der Waals surface area contributed by atoms with Gasteiger partial charge in [-0.3, -0.25) is 0 Å². The van der Waals surface area contributed by atoms with Crippen LogP contribution in [-0.4, -0.2) is 38.2 Å². The van der Waals surface area contributed by atoms with Gasteiger partial charge in [0.1, 0.15) is 0 Å². The van der Waals surface area contributed by atoms with Gasteiger partial charge in [-0.15, -0.1) is 0 Å². The number of aromatic nitrogens is 5. The van der Waals surface area contributed by atoms with E-state index in [2.05, 4.69) is 25.3 Å². The van der Waals surface area contributed by atoms with Crippen LogP contribution in [0, 0.1) is 0 Å². The minimum absolute atomic E-state index is 0.303. The van der Waals surface area contributed by atoms with Gasteiger partial charge in [0.15, 0.2) is 5.82 Å². The van der Waals surface area contributed by atoms with Gasteiger partial charge in [0, 0.05) is 26.0 Å². The molecular formula is C11H16N6O. The molecule has 2 aromatic heterocycles. The van der Waals surface area contributed by atoms with E-state index in [4.69, 9.17) is 4.74 Å². The van der Waals surface area contributed by atoms with Crippen LogP contribution in [0.1, 0.15) is 13.8 Å². The minimum atomic E-state index is 0.303. The number of rotatable bonds is 5. The molecule has 0 fully saturated rings. The molecule has 7 nitrogen and oxygen atoms in total. The molecule has 0 aliphatic heterocycles. The fraction of sp³-hybridized carbons (Fsp3) is 0.455. The Morgan fingerprint density at radius 2 is 2.11 bits per heavy atom. The van der Waals surface area contributed by atoms with Crippen molar-refractivity contribution in [2.75, 3.05) is 19.0 Å². The summed E-state index contributed by atoms with van der Waals surface area (Å²) in [4.78, 5) is 16.9. The van der Waals surface area contributed by atoms with E-state index in [0.29, 0.717) is 30.2 Å². The van der Waals surface area contributed by atoms with Crippen LogP contribution in [0.2, 0.25) is 0 Å². The Balaban J connectivity index is 2.46. The molecule has 0 aliphatic rings. The summed E-state index contributed by atoms with van der Waals surface area (Å²) in [6, 6.07) is 0.303. The zero-order valence-electron chi connectivity index (χ0n) is 10.7. The van der Waals surface area contributed by atoms with Crippen LogP contribution in [0.15, 0.2) is 12.4 Å². The lowest BCUT2D eigenvalue weighted by atomic mass is 10.5. The van der Waals surface area contributed by atoms with Gasteiger partial charge >= 0.3 is 6.01 Å². The number of hydrogen-bond donors (Lipinski definition) is 1. The first kappa shape index (κ1) is 12.3. The average molecular weight is 248 g/mol. The number of hydrogen-bond acceptors (Lipinski definition) is 6. The second-order valence-electron chi connectivity index (χ2n) is 3.49. The van der Waals surface area contributed by atoms with E-state index < -0.39 is 0 Å². The van der Waals surface area contributed by atoms with Crippen LogP contribution >= 0.6 is 0 Å². The fourth-order valence-electron chi connectivity index (χ4n) is 1.53. The highest BCUT2D eigenvalue weighted by molar-refractivity contribution is 5.47. The molecule has 0 atom stereocenters. The van der Waals surface area contributed by atoms with Crippen LogP contribution in [-0.2, 0) is 6.54 Å². The number of nitrogens with zero attached hydrogens (tertiary/aromatic N) is 5. The Hall–Kier alpha value is -2.18. The van der Waals surface area contributed by atoms with Gasteiger partial charge in [-0.1, -0.05) is 0 Å². The Morgan fingerprint density at radius 1 is 1.28 bits per heavy atom. The largest absolute Gasteiger partial charge is 0.464 e. The SMILES string of the molecule is CCOc1nc(NC)nc(-c2nccn2CC)n1. The standard InChI is InChI=1S/C11H16N6O/c1-4-17-7-6-13-9(17)8-14-10(12-3)16-11(15-8)18-5-2/h6-7H,4-5H2,1-3H3,(H,12,14,15,16). The summed E-state index contributed by atoms with van der Waals surface area (Å²) >= 11 is 0. The second kappa shape index (κ2) is 5.44. The third-order valence-electron chi connectivity index (χ3n) is 2.37. The molecule has 2 aromatic rings. The van der Waals surface area contributed by atoms with Gasteiger partial charge in [-0.05, 0) is 13.8 Å². The van der Waals surface area contributed by atoms with Crippen molar-refractivity contribution in [2.24, 2.45) is 0 Å². The molecule has 0 unspecified atom stereocenters. The molecule has 96 valence electrons. The van der Waals surface area contributed by atoms with Gasteiger partial charge < -0.3 is 14.6 Å². The quantitative estimate of drug-likeness (QED) is 0.856. The highest BCUT2D eigenvalue weighted by Crippen LogP contribution is 2.17. The summed E-state index contributed by atoms with van der Waals surface area (Å²) in [5, 5.41) is 2.89. The van der Waals surface area contributed by atoms with E-state index in [0.717, 1.165) is 6.54 Å². The molecule has 0 aromatic carbocycles. The Bertz CT molecular complexity index is 524. The first-order valence-electron chi connectivity index (χ1n) is 5.86. The number of aryl methyl sites for hydroxylation is 1. The Kier molecular flexibility index (Phi) is 3.71. The van der Waals surface area contributed by atoms with Crippen molar-refractivity contribution >= 4 is 5.95 Å². The summed E-state index contributed by atoms with van der Waals surface area (Å²) in [5.41, 5.74) is 0. The second-order valence-corrected chi connectivity index (χ2v) is 3.49. The van der Waals surface area contributed by atoms with Crippen molar-refractivity contribution in [3.8, 4) is 17.7 Å². The first-order chi connectivity index (χ1) is 8.78. The van der Waals surface area contributed by atoms with Gasteiger partial charge in [0.05, 0.1) is 6.61 Å². The predicted octanol–water partition coefficient (Wildman–Crippen LogP) is 1.20. The summed E-state index contributed by atoms with van der Waals surface area (Å²) in [6.07, 6.45) is 3.61.